The Kier molecular flexibility index (Phi) is 5.40. The van der Waals surface area contributed by atoms with Gasteiger partial charge < -0.3 is 10.6 Å². The van der Waals surface area contributed by atoms with Gasteiger partial charge in [-0.05, 0) is 27.0 Å². The van der Waals surface area contributed by atoms with Crippen LogP contribution in [0.5, 0.6) is 0 Å². The Balaban J connectivity index is 2.56. The first-order valence-electron chi connectivity index (χ1n) is 5.88. The number of hydrogen-bond acceptors (Lipinski definition) is 5. The normalized spacial score (nSPS) is 11.1. The Morgan fingerprint density at radius 1 is 1.39 bits per heavy atom. The van der Waals surface area contributed by atoms with Crippen molar-refractivity contribution in [3.63, 3.8) is 0 Å². The number of thioether (sulfide) groups is 1. The lowest BCUT2D eigenvalue weighted by molar-refractivity contribution is 0.0945. The second-order valence-corrected chi connectivity index (χ2v) is 5.98. The van der Waals surface area contributed by atoms with Gasteiger partial charge in [0.2, 0.25) is 0 Å². The van der Waals surface area contributed by atoms with Crippen LogP contribution in [0.4, 0.5) is 5.82 Å². The predicted molar refractivity (Wildman–Crippen MR) is 76.1 cm³/mol. The summed E-state index contributed by atoms with van der Waals surface area (Å²) in [6, 6.07) is 0. The number of carbonyl (C=O) groups is 1. The molecule has 1 aromatic rings. The highest BCUT2D eigenvalue weighted by atomic mass is 32.2. The summed E-state index contributed by atoms with van der Waals surface area (Å²) in [7, 11) is 0. The molecule has 0 aliphatic heterocycles. The average molecular weight is 268 g/mol. The van der Waals surface area contributed by atoms with E-state index in [1.165, 1.54) is 6.20 Å². The minimum atomic E-state index is -0.187. The summed E-state index contributed by atoms with van der Waals surface area (Å²) < 4.78 is 0.0206. The van der Waals surface area contributed by atoms with E-state index in [-0.39, 0.29) is 10.7 Å². The van der Waals surface area contributed by atoms with E-state index in [9.17, 15) is 4.79 Å². The molecule has 5 nitrogen and oxygen atoms in total. The molecule has 1 amide bonds. The Morgan fingerprint density at radius 3 is 2.61 bits per heavy atom. The Hall–Kier alpha value is -1.30. The molecule has 0 fully saturated rings. The van der Waals surface area contributed by atoms with Crippen LogP contribution in [0.1, 0.15) is 31.3 Å². The fourth-order valence-corrected chi connectivity index (χ4v) is 1.39. The summed E-state index contributed by atoms with van der Waals surface area (Å²) in [4.78, 5) is 20.0. The molecule has 0 unspecified atom stereocenters. The quantitative estimate of drug-likeness (QED) is 0.823. The maximum Gasteiger partial charge on any atom is 0.271 e. The molecule has 0 spiro atoms. The lowest BCUT2D eigenvalue weighted by Gasteiger charge is -2.21. The van der Waals surface area contributed by atoms with Crippen LogP contribution >= 0.6 is 11.8 Å². The smallest absolute Gasteiger partial charge is 0.271 e. The van der Waals surface area contributed by atoms with Crippen LogP contribution in [0.2, 0.25) is 0 Å². The number of carbonyl (C=O) groups excluding carboxylic acids is 1. The third kappa shape index (κ3) is 4.52. The van der Waals surface area contributed by atoms with E-state index in [1.54, 1.807) is 18.0 Å². The second kappa shape index (κ2) is 6.58. The molecule has 1 heterocycles. The number of aromatic nitrogens is 2. The summed E-state index contributed by atoms with van der Waals surface area (Å²) >= 11 is 1.71. The number of hydrogen-bond donors (Lipinski definition) is 2. The molecule has 0 radical (unpaired) electrons. The summed E-state index contributed by atoms with van der Waals surface area (Å²) in [6.45, 7) is 7.52. The largest absolute Gasteiger partial charge is 0.369 e. The van der Waals surface area contributed by atoms with Crippen LogP contribution in [0.25, 0.3) is 0 Å². The van der Waals surface area contributed by atoms with E-state index in [1.807, 2.05) is 13.2 Å². The van der Waals surface area contributed by atoms with Crippen molar-refractivity contribution in [1.29, 1.82) is 0 Å². The molecule has 0 saturated heterocycles. The number of amides is 1. The van der Waals surface area contributed by atoms with Crippen LogP contribution in [0, 0.1) is 0 Å². The summed E-state index contributed by atoms with van der Waals surface area (Å²) in [5.74, 6) is 0.492. The van der Waals surface area contributed by atoms with Gasteiger partial charge in [-0.1, -0.05) is 0 Å². The lowest BCUT2D eigenvalue weighted by Crippen LogP contribution is -2.36. The monoisotopic (exact) mass is 268 g/mol. The topological polar surface area (TPSA) is 66.9 Å². The van der Waals surface area contributed by atoms with Gasteiger partial charge in [-0.2, -0.15) is 11.8 Å². The van der Waals surface area contributed by atoms with Crippen molar-refractivity contribution in [2.24, 2.45) is 0 Å². The van der Waals surface area contributed by atoms with E-state index in [4.69, 9.17) is 0 Å². The summed E-state index contributed by atoms with van der Waals surface area (Å²) in [5.41, 5.74) is 0.341. The number of anilines is 1. The van der Waals surface area contributed by atoms with Crippen molar-refractivity contribution in [2.75, 3.05) is 24.7 Å². The Morgan fingerprint density at radius 2 is 2.11 bits per heavy atom. The van der Waals surface area contributed by atoms with E-state index in [0.29, 0.717) is 18.1 Å². The van der Waals surface area contributed by atoms with Crippen molar-refractivity contribution in [2.45, 2.75) is 25.5 Å². The fourth-order valence-electron chi connectivity index (χ4n) is 1.17. The molecule has 100 valence electrons. The maximum absolute atomic E-state index is 11.8. The van der Waals surface area contributed by atoms with E-state index < -0.39 is 0 Å². The third-order valence-corrected chi connectivity index (χ3v) is 3.72. The van der Waals surface area contributed by atoms with Crippen molar-refractivity contribution < 1.29 is 4.79 Å². The van der Waals surface area contributed by atoms with Crippen molar-refractivity contribution in [1.82, 2.24) is 15.3 Å². The van der Waals surface area contributed by atoms with Crippen LogP contribution in [0.3, 0.4) is 0 Å². The first kappa shape index (κ1) is 14.8. The van der Waals surface area contributed by atoms with Gasteiger partial charge in [0.1, 0.15) is 11.5 Å². The van der Waals surface area contributed by atoms with Crippen LogP contribution < -0.4 is 10.6 Å². The van der Waals surface area contributed by atoms with E-state index >= 15 is 0 Å². The molecule has 0 bridgehead atoms. The molecular weight excluding hydrogens is 248 g/mol. The Bertz CT molecular complexity index is 392. The first-order chi connectivity index (χ1) is 8.48. The Labute approximate surface area is 112 Å². The fraction of sp³-hybridized carbons (Fsp3) is 0.583. The van der Waals surface area contributed by atoms with Crippen molar-refractivity contribution >= 4 is 23.5 Å². The second-order valence-electron chi connectivity index (χ2n) is 4.46. The van der Waals surface area contributed by atoms with Gasteiger partial charge >= 0.3 is 0 Å². The van der Waals surface area contributed by atoms with Crippen LogP contribution in [-0.4, -0.2) is 40.0 Å². The van der Waals surface area contributed by atoms with Crippen molar-refractivity contribution in [3.8, 4) is 0 Å². The molecule has 2 N–H and O–H groups in total. The van der Waals surface area contributed by atoms with Gasteiger partial charge in [0.25, 0.3) is 5.91 Å². The molecule has 0 atom stereocenters. The lowest BCUT2D eigenvalue weighted by atomic mass is 10.2. The SMILES string of the molecule is CCNc1cnc(C(=O)NCC(C)(C)SC)cn1. The first-order valence-corrected chi connectivity index (χ1v) is 7.10. The zero-order chi connectivity index (χ0) is 13.6. The van der Waals surface area contributed by atoms with Crippen LogP contribution in [0.15, 0.2) is 12.4 Å². The molecular formula is C12H20N4OS. The van der Waals surface area contributed by atoms with Crippen molar-refractivity contribution in [3.05, 3.63) is 18.1 Å². The van der Waals surface area contributed by atoms with Gasteiger partial charge in [0, 0.05) is 17.8 Å². The molecule has 0 aromatic carbocycles. The number of nitrogens with zero attached hydrogens (tertiary/aromatic N) is 2. The van der Waals surface area contributed by atoms with Gasteiger partial charge in [-0.25, -0.2) is 9.97 Å². The summed E-state index contributed by atoms with van der Waals surface area (Å²) in [5, 5.41) is 5.89. The molecule has 18 heavy (non-hydrogen) atoms. The molecule has 1 rings (SSSR count). The minimum absolute atomic E-state index is 0.0206. The standard InChI is InChI=1S/C12H20N4OS/c1-5-13-10-7-14-9(6-15-10)11(17)16-8-12(2,3)18-4/h6-7H,5,8H2,1-4H3,(H,13,15)(H,16,17). The van der Waals surface area contributed by atoms with Gasteiger partial charge in [0.05, 0.1) is 12.4 Å². The zero-order valence-electron chi connectivity index (χ0n) is 11.3. The summed E-state index contributed by atoms with van der Waals surface area (Å²) in [6.07, 6.45) is 5.08. The molecule has 0 aliphatic rings. The minimum Gasteiger partial charge on any atom is -0.369 e. The van der Waals surface area contributed by atoms with Gasteiger partial charge in [-0.3, -0.25) is 4.79 Å². The molecule has 0 aliphatic carbocycles. The third-order valence-electron chi connectivity index (χ3n) is 2.47. The maximum atomic E-state index is 11.8. The van der Waals surface area contributed by atoms with Crippen LogP contribution in [-0.2, 0) is 0 Å². The number of nitrogens with one attached hydrogen (secondary N) is 2. The zero-order valence-corrected chi connectivity index (χ0v) is 12.1. The van der Waals surface area contributed by atoms with Gasteiger partial charge in [0.15, 0.2) is 0 Å². The van der Waals surface area contributed by atoms with Gasteiger partial charge in [-0.15, -0.1) is 0 Å². The van der Waals surface area contributed by atoms with E-state index in [2.05, 4.69) is 34.4 Å². The molecule has 0 saturated carbocycles. The molecule has 6 heteroatoms. The predicted octanol–water partition coefficient (Wildman–Crippen LogP) is 1.78. The molecule has 1 aromatic heterocycles. The highest BCUT2D eigenvalue weighted by Gasteiger charge is 2.18. The highest BCUT2D eigenvalue weighted by Crippen LogP contribution is 2.19. The van der Waals surface area contributed by atoms with E-state index in [0.717, 1.165) is 6.54 Å². The highest BCUT2D eigenvalue weighted by molar-refractivity contribution is 7.99. The number of rotatable bonds is 6. The average Bonchev–Trinajstić information content (AvgIpc) is 2.37.